The number of piperidine rings is 1. The van der Waals surface area contributed by atoms with E-state index in [1.54, 1.807) is 6.07 Å². The molecule has 0 radical (unpaired) electrons. The number of rotatable bonds is 6. The van der Waals surface area contributed by atoms with Crippen LogP contribution in [0.3, 0.4) is 0 Å². The molecule has 0 aliphatic carbocycles. The van der Waals surface area contributed by atoms with Crippen LogP contribution in [0.15, 0.2) is 18.2 Å². The van der Waals surface area contributed by atoms with Gasteiger partial charge in [-0.05, 0) is 30.5 Å². The van der Waals surface area contributed by atoms with Gasteiger partial charge in [-0.1, -0.05) is 12.1 Å². The van der Waals surface area contributed by atoms with Gasteiger partial charge in [-0.15, -0.1) is 0 Å². The predicted molar refractivity (Wildman–Crippen MR) is 93.9 cm³/mol. The summed E-state index contributed by atoms with van der Waals surface area (Å²) in [7, 11) is 0. The van der Waals surface area contributed by atoms with E-state index in [4.69, 9.17) is 10.8 Å². The molecule has 0 aromatic heterocycles. The van der Waals surface area contributed by atoms with Crippen LogP contribution >= 0.6 is 0 Å². The molecular weight excluding hydrogens is 336 g/mol. The van der Waals surface area contributed by atoms with Crippen LogP contribution < -0.4 is 16.4 Å². The summed E-state index contributed by atoms with van der Waals surface area (Å²) in [6.07, 6.45) is 0.601. The molecule has 3 rings (SSSR count). The summed E-state index contributed by atoms with van der Waals surface area (Å²) in [5.41, 5.74) is 8.25. The fraction of sp³-hybridized carbons (Fsp3) is 0.500. The number of aliphatic hydroxyl groups is 1. The molecule has 0 saturated carbocycles. The van der Waals surface area contributed by atoms with Crippen molar-refractivity contribution in [3.63, 3.8) is 0 Å². The van der Waals surface area contributed by atoms with Crippen LogP contribution in [0.1, 0.15) is 41.3 Å². The van der Waals surface area contributed by atoms with Crippen LogP contribution in [0.4, 0.5) is 0 Å². The number of amides is 3. The van der Waals surface area contributed by atoms with Crippen molar-refractivity contribution in [3.05, 3.63) is 34.9 Å². The van der Waals surface area contributed by atoms with E-state index in [2.05, 4.69) is 10.6 Å². The van der Waals surface area contributed by atoms with Crippen molar-refractivity contribution < 1.29 is 19.5 Å². The fourth-order valence-corrected chi connectivity index (χ4v) is 3.33. The van der Waals surface area contributed by atoms with Crippen molar-refractivity contribution in [1.82, 2.24) is 15.5 Å². The van der Waals surface area contributed by atoms with Crippen molar-refractivity contribution >= 4 is 17.7 Å². The van der Waals surface area contributed by atoms with Crippen molar-refractivity contribution in [3.8, 4) is 0 Å². The minimum Gasteiger partial charge on any atom is -0.395 e. The number of nitrogens with one attached hydrogen (secondary N) is 2. The molecule has 3 amide bonds. The maximum Gasteiger partial charge on any atom is 0.255 e. The van der Waals surface area contributed by atoms with Gasteiger partial charge in [-0.3, -0.25) is 19.7 Å². The zero-order valence-electron chi connectivity index (χ0n) is 14.7. The third-order valence-electron chi connectivity index (χ3n) is 5.07. The van der Waals surface area contributed by atoms with E-state index >= 15 is 0 Å². The van der Waals surface area contributed by atoms with E-state index in [1.807, 2.05) is 19.1 Å². The Morgan fingerprint density at radius 2 is 2.15 bits per heavy atom. The van der Waals surface area contributed by atoms with Crippen LogP contribution in [0.25, 0.3) is 0 Å². The van der Waals surface area contributed by atoms with Gasteiger partial charge in [0.05, 0.1) is 6.61 Å². The average Bonchev–Trinajstić information content (AvgIpc) is 2.95. The van der Waals surface area contributed by atoms with Crippen LogP contribution in [-0.2, 0) is 22.7 Å². The SMILES string of the molecule is C[C@@H](NCc1ccc2c(c1)CN(C1CCC(=O)NC1=O)C2=O)[C@H](N)CO. The molecule has 1 saturated heterocycles. The number of hydrogen-bond donors (Lipinski definition) is 4. The van der Waals surface area contributed by atoms with Crippen LogP contribution in [-0.4, -0.2) is 52.5 Å². The van der Waals surface area contributed by atoms with E-state index in [0.717, 1.165) is 11.1 Å². The van der Waals surface area contributed by atoms with Gasteiger partial charge in [-0.25, -0.2) is 0 Å². The van der Waals surface area contributed by atoms with Crippen LogP contribution in [0.2, 0.25) is 0 Å². The zero-order chi connectivity index (χ0) is 18.8. The van der Waals surface area contributed by atoms with Crippen molar-refractivity contribution in [2.24, 2.45) is 5.73 Å². The molecule has 1 unspecified atom stereocenters. The Balaban J connectivity index is 1.68. The van der Waals surface area contributed by atoms with Gasteiger partial charge in [0, 0.05) is 37.2 Å². The molecule has 3 atom stereocenters. The standard InChI is InChI=1S/C18H24N4O4/c1-10(14(19)9-23)20-7-11-2-3-13-12(6-11)8-22(18(13)26)15-4-5-16(24)21-17(15)25/h2-3,6,10,14-15,20,23H,4-5,7-9,19H2,1H3,(H,21,24,25)/t10-,14-,15?/m1/s1. The first-order valence-corrected chi connectivity index (χ1v) is 8.77. The molecule has 2 heterocycles. The summed E-state index contributed by atoms with van der Waals surface area (Å²) in [5, 5.41) is 14.6. The van der Waals surface area contributed by atoms with Crippen molar-refractivity contribution in [1.29, 1.82) is 0 Å². The Morgan fingerprint density at radius 1 is 1.38 bits per heavy atom. The Kier molecular flexibility index (Phi) is 5.36. The second-order valence-electron chi connectivity index (χ2n) is 6.91. The van der Waals surface area contributed by atoms with E-state index in [9.17, 15) is 14.4 Å². The smallest absolute Gasteiger partial charge is 0.255 e. The number of benzene rings is 1. The van der Waals surface area contributed by atoms with Gasteiger partial charge in [0.25, 0.3) is 5.91 Å². The lowest BCUT2D eigenvalue weighted by Crippen LogP contribution is -2.52. The number of carbonyl (C=O) groups excluding carboxylic acids is 3. The molecule has 1 aromatic carbocycles. The minimum absolute atomic E-state index is 0.0464. The molecule has 0 spiro atoms. The van der Waals surface area contributed by atoms with Gasteiger partial charge in [0.1, 0.15) is 6.04 Å². The average molecular weight is 360 g/mol. The zero-order valence-corrected chi connectivity index (χ0v) is 14.7. The van der Waals surface area contributed by atoms with Gasteiger partial charge in [-0.2, -0.15) is 0 Å². The first-order chi connectivity index (χ1) is 12.4. The van der Waals surface area contributed by atoms with Crippen LogP contribution in [0, 0.1) is 0 Å². The molecule has 0 bridgehead atoms. The maximum absolute atomic E-state index is 12.6. The number of aliphatic hydroxyl groups excluding tert-OH is 1. The highest BCUT2D eigenvalue weighted by Crippen LogP contribution is 2.28. The summed E-state index contributed by atoms with van der Waals surface area (Å²) in [5.74, 6) is -0.875. The largest absolute Gasteiger partial charge is 0.395 e. The minimum atomic E-state index is -0.600. The quantitative estimate of drug-likeness (QED) is 0.495. The number of nitrogens with zero attached hydrogens (tertiary/aromatic N) is 1. The number of imide groups is 1. The molecule has 8 heteroatoms. The van der Waals surface area contributed by atoms with Crippen molar-refractivity contribution in [2.45, 2.75) is 51.0 Å². The first kappa shape index (κ1) is 18.5. The lowest BCUT2D eigenvalue weighted by molar-refractivity contribution is -0.136. The number of carbonyl (C=O) groups is 3. The third kappa shape index (κ3) is 3.62. The molecule has 2 aliphatic heterocycles. The molecule has 140 valence electrons. The van der Waals surface area contributed by atoms with E-state index in [0.29, 0.717) is 25.1 Å². The Hall–Kier alpha value is -2.29. The highest BCUT2D eigenvalue weighted by Gasteiger charge is 2.39. The number of nitrogens with two attached hydrogens (primary N) is 1. The topological polar surface area (TPSA) is 125 Å². The Bertz CT molecular complexity index is 736. The predicted octanol–water partition coefficient (Wildman–Crippen LogP) is -0.755. The molecule has 2 aliphatic rings. The number of hydrogen-bond acceptors (Lipinski definition) is 6. The summed E-state index contributed by atoms with van der Waals surface area (Å²) >= 11 is 0. The summed E-state index contributed by atoms with van der Waals surface area (Å²) < 4.78 is 0. The van der Waals surface area contributed by atoms with Gasteiger partial charge in [0.15, 0.2) is 0 Å². The number of fused-ring (bicyclic) bond motifs is 1. The monoisotopic (exact) mass is 360 g/mol. The molecule has 1 aromatic rings. The Labute approximate surface area is 151 Å². The summed E-state index contributed by atoms with van der Waals surface area (Å²) in [4.78, 5) is 37.5. The van der Waals surface area contributed by atoms with E-state index in [1.165, 1.54) is 4.90 Å². The van der Waals surface area contributed by atoms with E-state index in [-0.39, 0.29) is 36.9 Å². The second kappa shape index (κ2) is 7.53. The van der Waals surface area contributed by atoms with E-state index < -0.39 is 11.9 Å². The fourth-order valence-electron chi connectivity index (χ4n) is 3.33. The normalized spacial score (nSPS) is 22.2. The molecule has 8 nitrogen and oxygen atoms in total. The van der Waals surface area contributed by atoms with Gasteiger partial charge in [0.2, 0.25) is 11.8 Å². The molecule has 1 fully saturated rings. The third-order valence-corrected chi connectivity index (χ3v) is 5.07. The molecule has 5 N–H and O–H groups in total. The van der Waals surface area contributed by atoms with Gasteiger partial charge < -0.3 is 21.1 Å². The maximum atomic E-state index is 12.6. The van der Waals surface area contributed by atoms with Gasteiger partial charge >= 0.3 is 0 Å². The second-order valence-corrected chi connectivity index (χ2v) is 6.91. The van der Waals surface area contributed by atoms with Crippen LogP contribution in [0.5, 0.6) is 0 Å². The van der Waals surface area contributed by atoms with Crippen molar-refractivity contribution in [2.75, 3.05) is 6.61 Å². The highest BCUT2D eigenvalue weighted by atomic mass is 16.3. The lowest BCUT2D eigenvalue weighted by Gasteiger charge is -2.29. The first-order valence-electron chi connectivity index (χ1n) is 8.77. The summed E-state index contributed by atoms with van der Waals surface area (Å²) in [6, 6.07) is 4.61. The lowest BCUT2D eigenvalue weighted by atomic mass is 10.0. The molecule has 26 heavy (non-hydrogen) atoms. The Morgan fingerprint density at radius 3 is 2.85 bits per heavy atom. The summed E-state index contributed by atoms with van der Waals surface area (Å²) in [6.45, 7) is 2.74. The highest BCUT2D eigenvalue weighted by molar-refractivity contribution is 6.05. The molecular formula is C18H24N4O4.